The maximum atomic E-state index is 4.29. The van der Waals surface area contributed by atoms with E-state index in [1.807, 2.05) is 0 Å². The van der Waals surface area contributed by atoms with Crippen molar-refractivity contribution in [3.8, 4) is 0 Å². The number of nitrogens with one attached hydrogen (secondary N) is 1. The smallest absolute Gasteiger partial charge is 0.0551 e. The lowest BCUT2D eigenvalue weighted by Crippen LogP contribution is -2.31. The fourth-order valence-electron chi connectivity index (χ4n) is 4.85. The highest BCUT2D eigenvalue weighted by Gasteiger charge is 2.36. The van der Waals surface area contributed by atoms with Gasteiger partial charge in [0.25, 0.3) is 0 Å². The molecule has 3 atom stereocenters. The van der Waals surface area contributed by atoms with Gasteiger partial charge in [-0.1, -0.05) is 89.4 Å². The Balaban J connectivity index is 2.10. The second-order valence-electron chi connectivity index (χ2n) is 9.85. The Morgan fingerprint density at radius 1 is 1.07 bits per heavy atom. The zero-order valence-corrected chi connectivity index (χ0v) is 19.3. The van der Waals surface area contributed by atoms with Crippen LogP contribution in [0.5, 0.6) is 0 Å². The fraction of sp³-hybridized carbons (Fsp3) is 0.500. The summed E-state index contributed by atoms with van der Waals surface area (Å²) in [6.07, 6.45) is 7.00. The van der Waals surface area contributed by atoms with Crippen LogP contribution in [0.4, 0.5) is 5.69 Å². The molecular formula is C28H39N. The molecule has 0 amide bonds. The summed E-state index contributed by atoms with van der Waals surface area (Å²) in [6.45, 7) is 17.9. The molecule has 156 valence electrons. The van der Waals surface area contributed by atoms with Gasteiger partial charge in [0.2, 0.25) is 0 Å². The number of benzene rings is 2. The van der Waals surface area contributed by atoms with Gasteiger partial charge in [0.05, 0.1) is 6.04 Å². The van der Waals surface area contributed by atoms with E-state index < -0.39 is 0 Å². The summed E-state index contributed by atoms with van der Waals surface area (Å²) in [6, 6.07) is 14.5. The minimum absolute atomic E-state index is 0.156. The largest absolute Gasteiger partial charge is 0.378 e. The molecule has 2 aromatic rings. The van der Waals surface area contributed by atoms with Gasteiger partial charge in [-0.3, -0.25) is 0 Å². The monoisotopic (exact) mass is 389 g/mol. The van der Waals surface area contributed by atoms with Crippen molar-refractivity contribution in [3.05, 3.63) is 76.9 Å². The van der Waals surface area contributed by atoms with Crippen molar-refractivity contribution in [2.24, 2.45) is 5.92 Å². The highest BCUT2D eigenvalue weighted by atomic mass is 15.0. The van der Waals surface area contributed by atoms with Crippen molar-refractivity contribution < 1.29 is 0 Å². The highest BCUT2D eigenvalue weighted by Crippen LogP contribution is 2.48. The number of fused-ring (bicyclic) bond motifs is 1. The fourth-order valence-corrected chi connectivity index (χ4v) is 4.85. The minimum Gasteiger partial charge on any atom is -0.378 e. The Morgan fingerprint density at radius 2 is 1.83 bits per heavy atom. The van der Waals surface area contributed by atoms with E-state index >= 15 is 0 Å². The molecule has 29 heavy (non-hydrogen) atoms. The van der Waals surface area contributed by atoms with Gasteiger partial charge >= 0.3 is 0 Å². The normalized spacial score (nSPS) is 21.4. The van der Waals surface area contributed by atoms with E-state index in [-0.39, 0.29) is 5.41 Å². The topological polar surface area (TPSA) is 12.0 Å². The third-order valence-corrected chi connectivity index (χ3v) is 6.55. The van der Waals surface area contributed by atoms with Crippen LogP contribution in [0.2, 0.25) is 0 Å². The first-order valence-corrected chi connectivity index (χ1v) is 11.4. The summed E-state index contributed by atoms with van der Waals surface area (Å²) in [5.74, 6) is 0.914. The summed E-state index contributed by atoms with van der Waals surface area (Å²) in [7, 11) is 0. The van der Waals surface area contributed by atoms with Crippen molar-refractivity contribution in [2.75, 3.05) is 5.32 Å². The molecule has 0 bridgehead atoms. The maximum Gasteiger partial charge on any atom is 0.0551 e. The SMILES string of the molecule is C=CC1c2cc(C(C)(C)C)ccc2NC(c2cc(C)cc(CC)c2)C1CCCC. The summed E-state index contributed by atoms with van der Waals surface area (Å²) >= 11 is 0. The van der Waals surface area contributed by atoms with Crippen LogP contribution < -0.4 is 5.32 Å². The second kappa shape index (κ2) is 8.78. The van der Waals surface area contributed by atoms with E-state index in [4.69, 9.17) is 0 Å². The second-order valence-corrected chi connectivity index (χ2v) is 9.85. The number of rotatable bonds is 6. The van der Waals surface area contributed by atoms with Crippen molar-refractivity contribution in [1.29, 1.82) is 0 Å². The number of unbranched alkanes of at least 4 members (excludes halogenated alkanes) is 1. The van der Waals surface area contributed by atoms with Crippen LogP contribution in [0.1, 0.15) is 93.7 Å². The highest BCUT2D eigenvalue weighted by molar-refractivity contribution is 5.60. The van der Waals surface area contributed by atoms with Gasteiger partial charge in [0, 0.05) is 11.6 Å². The summed E-state index contributed by atoms with van der Waals surface area (Å²) < 4.78 is 0. The number of aryl methyl sites for hydroxylation is 2. The van der Waals surface area contributed by atoms with E-state index in [1.54, 1.807) is 0 Å². The summed E-state index contributed by atoms with van der Waals surface area (Å²) in [4.78, 5) is 0. The molecule has 3 rings (SSSR count). The predicted molar refractivity (Wildman–Crippen MR) is 128 cm³/mol. The first-order chi connectivity index (χ1) is 13.8. The lowest BCUT2D eigenvalue weighted by atomic mass is 9.71. The van der Waals surface area contributed by atoms with Crippen molar-refractivity contribution in [2.45, 2.75) is 84.6 Å². The van der Waals surface area contributed by atoms with Crippen LogP contribution in [-0.4, -0.2) is 0 Å². The van der Waals surface area contributed by atoms with Gasteiger partial charge in [-0.25, -0.2) is 0 Å². The third-order valence-electron chi connectivity index (χ3n) is 6.55. The predicted octanol–water partition coefficient (Wildman–Crippen LogP) is 8.10. The number of hydrogen-bond donors (Lipinski definition) is 1. The van der Waals surface area contributed by atoms with Crippen molar-refractivity contribution >= 4 is 5.69 Å². The van der Waals surface area contributed by atoms with Crippen molar-refractivity contribution in [3.63, 3.8) is 0 Å². The Labute approximate surface area is 178 Å². The Bertz CT molecular complexity index is 855. The molecule has 1 aliphatic rings. The maximum absolute atomic E-state index is 4.29. The number of hydrogen-bond acceptors (Lipinski definition) is 1. The average molecular weight is 390 g/mol. The molecule has 1 N–H and O–H groups in total. The molecule has 3 unspecified atom stereocenters. The van der Waals surface area contributed by atoms with Crippen LogP contribution in [-0.2, 0) is 11.8 Å². The van der Waals surface area contributed by atoms with Gasteiger partial charge in [0.15, 0.2) is 0 Å². The third kappa shape index (κ3) is 4.60. The number of anilines is 1. The minimum atomic E-state index is 0.156. The lowest BCUT2D eigenvalue weighted by molar-refractivity contribution is 0.362. The molecule has 0 fully saturated rings. The van der Waals surface area contributed by atoms with Crippen LogP contribution >= 0.6 is 0 Å². The van der Waals surface area contributed by atoms with E-state index in [0.717, 1.165) is 6.42 Å². The lowest BCUT2D eigenvalue weighted by Gasteiger charge is -2.41. The first-order valence-electron chi connectivity index (χ1n) is 11.4. The molecule has 0 spiro atoms. The standard InChI is InChI=1S/C28H39N/c1-8-11-12-24-23(10-3)25-18-22(28(5,6)7)13-14-26(25)29-27(24)21-16-19(4)15-20(9-2)17-21/h10,13-18,23-24,27,29H,3,8-9,11-12H2,1-2,4-7H3. The van der Waals surface area contributed by atoms with Gasteiger partial charge in [-0.15, -0.1) is 6.58 Å². The van der Waals surface area contributed by atoms with Gasteiger partial charge < -0.3 is 5.32 Å². The molecule has 2 aromatic carbocycles. The van der Waals surface area contributed by atoms with E-state index in [0.29, 0.717) is 17.9 Å². The number of allylic oxidation sites excluding steroid dienone is 1. The van der Waals surface area contributed by atoms with Gasteiger partial charge in [-0.2, -0.15) is 0 Å². The van der Waals surface area contributed by atoms with E-state index in [9.17, 15) is 0 Å². The van der Waals surface area contributed by atoms with Gasteiger partial charge in [0.1, 0.15) is 0 Å². The molecular weight excluding hydrogens is 350 g/mol. The Morgan fingerprint density at radius 3 is 2.45 bits per heavy atom. The molecule has 1 heteroatoms. The Kier molecular flexibility index (Phi) is 6.56. The molecule has 0 aromatic heterocycles. The van der Waals surface area contributed by atoms with Crippen LogP contribution in [0.25, 0.3) is 0 Å². The van der Waals surface area contributed by atoms with Crippen molar-refractivity contribution in [1.82, 2.24) is 0 Å². The first kappa shape index (κ1) is 21.7. The van der Waals surface area contributed by atoms with Crippen LogP contribution in [0.15, 0.2) is 49.1 Å². The van der Waals surface area contributed by atoms with E-state index in [2.05, 4.69) is 95.9 Å². The average Bonchev–Trinajstić information content (AvgIpc) is 2.69. The molecule has 1 nitrogen and oxygen atoms in total. The molecule has 0 saturated carbocycles. The molecule has 1 aliphatic heterocycles. The van der Waals surface area contributed by atoms with E-state index in [1.165, 1.54) is 52.8 Å². The molecule has 1 heterocycles. The quantitative estimate of drug-likeness (QED) is 0.492. The zero-order chi connectivity index (χ0) is 21.2. The molecule has 0 saturated heterocycles. The van der Waals surface area contributed by atoms with Crippen LogP contribution in [0.3, 0.4) is 0 Å². The molecule has 0 aliphatic carbocycles. The zero-order valence-electron chi connectivity index (χ0n) is 19.3. The van der Waals surface area contributed by atoms with Crippen LogP contribution in [0, 0.1) is 12.8 Å². The summed E-state index contributed by atoms with van der Waals surface area (Å²) in [5.41, 5.74) is 8.48. The summed E-state index contributed by atoms with van der Waals surface area (Å²) in [5, 5.41) is 3.95. The van der Waals surface area contributed by atoms with Gasteiger partial charge in [-0.05, 0) is 59.4 Å². The Hall–Kier alpha value is -2.02. The molecule has 0 radical (unpaired) electrons.